The number of carbonyl (C=O) groups excluding carboxylic acids is 4. The SMILES string of the molecule is CCCCCCCCCCCCCCCC(=O)OC[C@H](COP(=O)(O)OC[C@@H](O)COP(=O)(O)OC[C@@H](COC(=O)CCCCCCCCCCC(C)C)OC(=O)CCCCCCCCCCC(C)CC)OC(=O)CCCCCCCCCCCCCCCCCCCCC(C)CC. The summed E-state index contributed by atoms with van der Waals surface area (Å²) < 4.78 is 68.6. The molecule has 0 aliphatic carbocycles. The molecule has 17 nitrogen and oxygen atoms in total. The third-order valence-corrected chi connectivity index (χ3v) is 21.0. The van der Waals surface area contributed by atoms with Gasteiger partial charge in [-0.25, -0.2) is 9.13 Å². The van der Waals surface area contributed by atoms with Crippen LogP contribution in [-0.4, -0.2) is 96.7 Å². The van der Waals surface area contributed by atoms with E-state index in [1.807, 2.05) is 0 Å². The van der Waals surface area contributed by atoms with Crippen molar-refractivity contribution in [2.24, 2.45) is 17.8 Å². The molecule has 98 heavy (non-hydrogen) atoms. The highest BCUT2D eigenvalue weighted by Crippen LogP contribution is 2.45. The molecule has 0 aromatic carbocycles. The van der Waals surface area contributed by atoms with Gasteiger partial charge in [0, 0.05) is 25.7 Å². The summed E-state index contributed by atoms with van der Waals surface area (Å²) in [5, 5.41) is 10.6. The highest BCUT2D eigenvalue weighted by molar-refractivity contribution is 7.47. The molecule has 0 rings (SSSR count). The van der Waals surface area contributed by atoms with Crippen molar-refractivity contribution in [1.82, 2.24) is 0 Å². The zero-order valence-corrected chi connectivity index (χ0v) is 66.0. The smallest absolute Gasteiger partial charge is 0.462 e. The van der Waals surface area contributed by atoms with Gasteiger partial charge in [0.2, 0.25) is 0 Å². The Balaban J connectivity index is 5.21. The van der Waals surface area contributed by atoms with E-state index in [9.17, 15) is 43.2 Å². The van der Waals surface area contributed by atoms with Crippen LogP contribution >= 0.6 is 15.6 Å². The van der Waals surface area contributed by atoms with Crippen molar-refractivity contribution in [1.29, 1.82) is 0 Å². The highest BCUT2D eigenvalue weighted by atomic mass is 31.2. The van der Waals surface area contributed by atoms with Crippen molar-refractivity contribution < 1.29 is 80.2 Å². The van der Waals surface area contributed by atoms with Crippen molar-refractivity contribution in [3.05, 3.63) is 0 Å². The summed E-state index contributed by atoms with van der Waals surface area (Å²) in [5.41, 5.74) is 0. The monoisotopic (exact) mass is 1440 g/mol. The molecule has 582 valence electrons. The number of carbonyl (C=O) groups is 4. The molecule has 0 bridgehead atoms. The fraction of sp³-hybridized carbons (Fsp3) is 0.949. The summed E-state index contributed by atoms with van der Waals surface area (Å²) in [6, 6.07) is 0. The van der Waals surface area contributed by atoms with Crippen molar-refractivity contribution >= 4 is 39.5 Å². The molecular formula is C79H154O17P2. The Kier molecular flexibility index (Phi) is 68.1. The van der Waals surface area contributed by atoms with Crippen LogP contribution in [0.25, 0.3) is 0 Å². The second-order valence-electron chi connectivity index (χ2n) is 29.4. The molecule has 0 saturated heterocycles. The molecule has 0 aliphatic heterocycles. The number of phosphoric ester groups is 2. The van der Waals surface area contributed by atoms with Crippen LogP contribution in [0.2, 0.25) is 0 Å². The summed E-state index contributed by atoms with van der Waals surface area (Å²) in [5.74, 6) is 0.251. The third-order valence-electron chi connectivity index (χ3n) is 19.1. The quantitative estimate of drug-likeness (QED) is 0.0222. The average Bonchev–Trinajstić information content (AvgIpc) is 1.10. The lowest BCUT2D eigenvalue weighted by Gasteiger charge is -2.21. The van der Waals surface area contributed by atoms with Gasteiger partial charge in [0.1, 0.15) is 19.3 Å². The molecule has 0 radical (unpaired) electrons. The molecule has 0 aromatic rings. The van der Waals surface area contributed by atoms with Crippen LogP contribution < -0.4 is 0 Å². The van der Waals surface area contributed by atoms with Crippen LogP contribution in [0, 0.1) is 17.8 Å². The molecule has 4 unspecified atom stereocenters. The van der Waals surface area contributed by atoms with Gasteiger partial charge >= 0.3 is 39.5 Å². The van der Waals surface area contributed by atoms with Crippen LogP contribution in [-0.2, 0) is 65.4 Å². The first-order chi connectivity index (χ1) is 47.3. The molecule has 19 heteroatoms. The molecule has 0 aromatic heterocycles. The van der Waals surface area contributed by atoms with Gasteiger partial charge in [-0.15, -0.1) is 0 Å². The Morgan fingerprint density at radius 3 is 0.776 bits per heavy atom. The van der Waals surface area contributed by atoms with E-state index in [0.717, 1.165) is 108 Å². The first-order valence-corrected chi connectivity index (χ1v) is 43.9. The minimum atomic E-state index is -4.96. The van der Waals surface area contributed by atoms with Crippen LogP contribution in [0.3, 0.4) is 0 Å². The predicted molar refractivity (Wildman–Crippen MR) is 400 cm³/mol. The third kappa shape index (κ3) is 69.8. The van der Waals surface area contributed by atoms with Crippen molar-refractivity contribution in [2.45, 2.75) is 426 Å². The van der Waals surface area contributed by atoms with E-state index in [0.29, 0.717) is 25.7 Å². The van der Waals surface area contributed by atoms with E-state index in [4.69, 9.17) is 37.0 Å². The number of phosphoric acid groups is 2. The van der Waals surface area contributed by atoms with Gasteiger partial charge in [0.25, 0.3) is 0 Å². The van der Waals surface area contributed by atoms with E-state index in [2.05, 4.69) is 48.5 Å². The lowest BCUT2D eigenvalue weighted by Crippen LogP contribution is -2.30. The summed E-state index contributed by atoms with van der Waals surface area (Å²) in [6.07, 6.45) is 56.9. The van der Waals surface area contributed by atoms with Gasteiger partial charge in [0.15, 0.2) is 12.2 Å². The minimum absolute atomic E-state index is 0.104. The molecule has 0 spiro atoms. The van der Waals surface area contributed by atoms with Crippen LogP contribution in [0.4, 0.5) is 0 Å². The van der Waals surface area contributed by atoms with Gasteiger partial charge in [-0.05, 0) is 43.4 Å². The normalized spacial score (nSPS) is 14.6. The Morgan fingerprint density at radius 2 is 0.520 bits per heavy atom. The van der Waals surface area contributed by atoms with Crippen molar-refractivity contribution in [2.75, 3.05) is 39.6 Å². The van der Waals surface area contributed by atoms with E-state index < -0.39 is 97.5 Å². The summed E-state index contributed by atoms with van der Waals surface area (Å²) in [4.78, 5) is 72.9. The Morgan fingerprint density at radius 1 is 0.296 bits per heavy atom. The molecule has 0 heterocycles. The summed E-state index contributed by atoms with van der Waals surface area (Å²) in [7, 11) is -9.92. The van der Waals surface area contributed by atoms with E-state index in [-0.39, 0.29) is 25.7 Å². The Labute approximate surface area is 600 Å². The molecule has 0 amide bonds. The van der Waals surface area contributed by atoms with Gasteiger partial charge in [-0.3, -0.25) is 37.3 Å². The first-order valence-electron chi connectivity index (χ1n) is 40.9. The molecule has 0 fully saturated rings. The summed E-state index contributed by atoms with van der Waals surface area (Å²) >= 11 is 0. The maximum absolute atomic E-state index is 13.1. The molecule has 7 atom stereocenters. The largest absolute Gasteiger partial charge is 0.472 e. The van der Waals surface area contributed by atoms with Gasteiger partial charge in [-0.1, -0.05) is 357 Å². The standard InChI is InChI=1S/C79H154O17P2/c1-8-11-12-13-14-15-16-23-27-30-39-46-53-60-76(81)89-66-74(95-78(83)62-55-48-41-31-28-25-22-20-18-17-19-21-24-26-29-37-44-51-58-71(6)9-2)68-93-97(85,86)91-64-73(80)65-92-98(87,88)94-69-75(67-90-77(82)61-54-47-40-34-32-36-43-50-57-70(4)5)96-79(84)63-56-49-42-35-33-38-45-52-59-72(7)10-3/h70-75,80H,8-69H2,1-7H3,(H,85,86)(H,87,88)/t71?,72?,73-,74-,75-/m1/s1. The van der Waals surface area contributed by atoms with E-state index >= 15 is 0 Å². The van der Waals surface area contributed by atoms with Crippen molar-refractivity contribution in [3.63, 3.8) is 0 Å². The number of aliphatic hydroxyl groups excluding tert-OH is 1. The molecule has 0 saturated carbocycles. The fourth-order valence-corrected chi connectivity index (χ4v) is 13.6. The van der Waals surface area contributed by atoms with E-state index in [1.165, 1.54) is 218 Å². The Hall–Kier alpha value is -1.94. The minimum Gasteiger partial charge on any atom is -0.462 e. The fourth-order valence-electron chi connectivity index (χ4n) is 12.1. The maximum atomic E-state index is 13.1. The lowest BCUT2D eigenvalue weighted by molar-refractivity contribution is -0.161. The lowest BCUT2D eigenvalue weighted by atomic mass is 9.99. The molecule has 3 N–H and O–H groups in total. The van der Waals surface area contributed by atoms with Gasteiger partial charge in [-0.2, -0.15) is 0 Å². The van der Waals surface area contributed by atoms with Crippen molar-refractivity contribution in [3.8, 4) is 0 Å². The van der Waals surface area contributed by atoms with Crippen LogP contribution in [0.15, 0.2) is 0 Å². The number of rotatable bonds is 77. The van der Waals surface area contributed by atoms with Gasteiger partial charge in [0.05, 0.1) is 26.4 Å². The maximum Gasteiger partial charge on any atom is 0.472 e. The number of hydrogen-bond acceptors (Lipinski definition) is 15. The number of aliphatic hydroxyl groups is 1. The van der Waals surface area contributed by atoms with Crippen LogP contribution in [0.5, 0.6) is 0 Å². The Bertz CT molecular complexity index is 1910. The number of unbranched alkanes of at least 4 members (excludes halogenated alkanes) is 43. The van der Waals surface area contributed by atoms with Crippen LogP contribution in [0.1, 0.15) is 408 Å². The van der Waals surface area contributed by atoms with Gasteiger partial charge < -0.3 is 33.8 Å². The highest BCUT2D eigenvalue weighted by Gasteiger charge is 2.30. The first kappa shape index (κ1) is 96.1. The second kappa shape index (κ2) is 69.4. The summed E-state index contributed by atoms with van der Waals surface area (Å²) in [6.45, 7) is 11.9. The zero-order valence-electron chi connectivity index (χ0n) is 64.3. The topological polar surface area (TPSA) is 237 Å². The molecular weight excluding hydrogens is 1280 g/mol. The van der Waals surface area contributed by atoms with E-state index in [1.54, 1.807) is 0 Å². The number of hydrogen-bond donors (Lipinski definition) is 3. The second-order valence-corrected chi connectivity index (χ2v) is 32.3. The molecule has 0 aliphatic rings. The predicted octanol–water partition coefficient (Wildman–Crippen LogP) is 23.4. The average molecular weight is 1440 g/mol. The number of ether oxygens (including phenoxy) is 4. The zero-order chi connectivity index (χ0) is 72.3. The number of esters is 4.